The molecule has 0 bridgehead atoms. The molecule has 0 spiro atoms. The van der Waals surface area contributed by atoms with Gasteiger partial charge in [0.2, 0.25) is 0 Å². The van der Waals surface area contributed by atoms with Crippen LogP contribution in [0.25, 0.3) is 10.6 Å². The van der Waals surface area contributed by atoms with Crippen LogP contribution in [-0.4, -0.2) is 28.2 Å². The van der Waals surface area contributed by atoms with E-state index in [0.717, 1.165) is 0 Å². The van der Waals surface area contributed by atoms with Crippen LogP contribution < -0.4 is 0 Å². The second-order valence-electron chi connectivity index (χ2n) is 3.82. The summed E-state index contributed by atoms with van der Waals surface area (Å²) in [4.78, 5) is 0. The third-order valence-electron chi connectivity index (χ3n) is 1.66. The van der Waals surface area contributed by atoms with Gasteiger partial charge in [0.1, 0.15) is 0 Å². The third-order valence-corrected chi connectivity index (χ3v) is 1.66. The Morgan fingerprint density at radius 1 is 0.579 bits per heavy atom. The summed E-state index contributed by atoms with van der Waals surface area (Å²) >= 11 is 0. The Morgan fingerprint density at radius 2 is 0.737 bits per heavy atom. The first kappa shape index (κ1) is 23.6. The van der Waals surface area contributed by atoms with Crippen LogP contribution in [0.3, 0.4) is 0 Å². The van der Waals surface area contributed by atoms with Crippen LogP contribution in [0, 0.1) is 13.8 Å². The molecule has 104 valence electrons. The topological polar surface area (TPSA) is 28.2 Å². The zero-order valence-corrected chi connectivity index (χ0v) is 16.6. The van der Waals surface area contributed by atoms with Crippen LogP contribution in [0.1, 0.15) is 11.1 Å². The Labute approximate surface area is 138 Å². The van der Waals surface area contributed by atoms with Gasteiger partial charge in [0.05, 0.1) is 0 Å². The summed E-state index contributed by atoms with van der Waals surface area (Å²) in [5, 5.41) is 7.00. The van der Waals surface area contributed by atoms with E-state index in [1.165, 1.54) is 11.1 Å². The van der Waals surface area contributed by atoms with Crippen molar-refractivity contribution in [1.82, 2.24) is 0 Å². The second kappa shape index (κ2) is 19.8. The van der Waals surface area contributed by atoms with E-state index in [4.69, 9.17) is 0 Å². The van der Waals surface area contributed by atoms with Crippen molar-refractivity contribution >= 4 is 0 Å². The van der Waals surface area contributed by atoms with Crippen molar-refractivity contribution in [3.63, 3.8) is 0 Å². The van der Waals surface area contributed by atoms with Crippen LogP contribution in [-0.2, 0) is 25.8 Å². The van der Waals surface area contributed by atoms with Crippen LogP contribution in [0.15, 0.2) is 48.5 Å². The zero-order valence-electron chi connectivity index (χ0n) is 13.0. The summed E-state index contributed by atoms with van der Waals surface area (Å²) in [5.41, 5.74) is 2.69. The van der Waals surface area contributed by atoms with Crippen LogP contribution in [0.5, 0.6) is 0 Å². The molecule has 0 N–H and O–H groups in total. The maximum Gasteiger partial charge on any atom is 4.00 e. The van der Waals surface area contributed by atoms with Crippen LogP contribution in [0.2, 0.25) is 0 Å². The van der Waals surface area contributed by atoms with E-state index in [2.05, 4.69) is 48.7 Å². The molecule has 0 heterocycles. The van der Waals surface area contributed by atoms with Gasteiger partial charge in [0.25, 0.3) is 0 Å². The van der Waals surface area contributed by atoms with E-state index >= 15 is 0 Å². The Bertz CT molecular complexity index is 278. The number of hydrogen-bond donors (Lipinski definition) is 0. The van der Waals surface area contributed by atoms with Gasteiger partial charge in [0.15, 0.2) is 0 Å². The Kier molecular flexibility index (Phi) is 24.6. The molecule has 0 saturated heterocycles. The molecular weight excluding hydrogens is 399 g/mol. The smallest absolute Gasteiger partial charge is 0.668 e. The third kappa shape index (κ3) is 23.1. The molecule has 0 unspecified atom stereocenters. The van der Waals surface area contributed by atoms with E-state index in [9.17, 15) is 0 Å². The summed E-state index contributed by atoms with van der Waals surface area (Å²) in [6.45, 7) is 4.17. The standard InChI is InChI=1S/2C6H7.2C2H6N.Hf/c2*1-6-4-2-3-5-6;2*1-3-2;/h2*2-5H,1H3;2*1-2H3;/q4*-1;+4. The maximum atomic E-state index is 3.50. The van der Waals surface area contributed by atoms with Crippen molar-refractivity contribution in [3.05, 3.63) is 70.3 Å². The van der Waals surface area contributed by atoms with Gasteiger partial charge in [-0.25, -0.2) is 24.3 Å². The van der Waals surface area contributed by atoms with Crippen molar-refractivity contribution in [2.24, 2.45) is 0 Å². The van der Waals surface area contributed by atoms with Crippen molar-refractivity contribution in [3.8, 4) is 0 Å². The zero-order chi connectivity index (χ0) is 14.2. The first-order chi connectivity index (χ1) is 8.62. The first-order valence-corrected chi connectivity index (χ1v) is 5.94. The average molecular weight is 425 g/mol. The predicted molar refractivity (Wildman–Crippen MR) is 84.0 cm³/mol. The van der Waals surface area contributed by atoms with Crippen molar-refractivity contribution in [2.45, 2.75) is 13.8 Å². The molecule has 19 heavy (non-hydrogen) atoms. The number of hydrogen-bond acceptors (Lipinski definition) is 0. The molecule has 0 aliphatic rings. The van der Waals surface area contributed by atoms with E-state index in [0.29, 0.717) is 0 Å². The van der Waals surface area contributed by atoms with Crippen LogP contribution in [0.4, 0.5) is 0 Å². The molecule has 0 aromatic heterocycles. The van der Waals surface area contributed by atoms with Gasteiger partial charge in [-0.1, -0.05) is 13.8 Å². The average Bonchev–Trinajstić information content (AvgIpc) is 2.95. The molecule has 0 amide bonds. The largest absolute Gasteiger partial charge is 4.00 e. The van der Waals surface area contributed by atoms with Gasteiger partial charge in [-0.3, -0.25) is 0 Å². The van der Waals surface area contributed by atoms with E-state index in [1.807, 2.05) is 24.3 Å². The van der Waals surface area contributed by atoms with E-state index < -0.39 is 0 Å². The number of rotatable bonds is 0. The van der Waals surface area contributed by atoms with Crippen LogP contribution >= 0.6 is 0 Å². The molecule has 2 nitrogen and oxygen atoms in total. The normalized spacial score (nSPS) is 7.47. The predicted octanol–water partition coefficient (Wildman–Crippen LogP) is 4.66. The molecule has 0 aliphatic heterocycles. The number of aryl methyl sites for hydroxylation is 2. The van der Waals surface area contributed by atoms with Gasteiger partial charge in [-0.05, 0) is 0 Å². The molecule has 0 saturated carbocycles. The Balaban J connectivity index is -0.000000188. The Hall–Kier alpha value is -0.510. The molecule has 2 rings (SSSR count). The van der Waals surface area contributed by atoms with Crippen molar-refractivity contribution in [2.75, 3.05) is 28.2 Å². The molecule has 0 aliphatic carbocycles. The monoisotopic (exact) mass is 426 g/mol. The summed E-state index contributed by atoms with van der Waals surface area (Å²) < 4.78 is 0. The molecule has 3 heteroatoms. The molecule has 0 fully saturated rings. The molecular formula is C16H26HfN2. The van der Waals surface area contributed by atoms with Crippen molar-refractivity contribution in [1.29, 1.82) is 0 Å². The van der Waals surface area contributed by atoms with E-state index in [-0.39, 0.29) is 25.8 Å². The molecule has 0 radical (unpaired) electrons. The van der Waals surface area contributed by atoms with E-state index in [1.54, 1.807) is 28.2 Å². The minimum atomic E-state index is 0. The van der Waals surface area contributed by atoms with Gasteiger partial charge < -0.3 is 10.6 Å². The fraction of sp³-hybridized carbons (Fsp3) is 0.375. The number of nitrogens with zero attached hydrogens (tertiary/aromatic N) is 2. The molecule has 2 aromatic rings. The summed E-state index contributed by atoms with van der Waals surface area (Å²) in [6.07, 6.45) is 0. The molecule has 0 atom stereocenters. The van der Waals surface area contributed by atoms with Gasteiger partial charge in [-0.2, -0.15) is 63.6 Å². The summed E-state index contributed by atoms with van der Waals surface area (Å²) in [7, 11) is 7.00. The summed E-state index contributed by atoms with van der Waals surface area (Å²) in [6, 6.07) is 16.5. The first-order valence-electron chi connectivity index (χ1n) is 5.94. The maximum absolute atomic E-state index is 3.50. The quantitative estimate of drug-likeness (QED) is 0.434. The molecule has 2 aromatic carbocycles. The fourth-order valence-electron chi connectivity index (χ4n) is 0.940. The fourth-order valence-corrected chi connectivity index (χ4v) is 0.940. The Morgan fingerprint density at radius 3 is 0.789 bits per heavy atom. The summed E-state index contributed by atoms with van der Waals surface area (Å²) in [5.74, 6) is 0. The minimum absolute atomic E-state index is 0. The van der Waals surface area contributed by atoms with Crippen molar-refractivity contribution < 1.29 is 25.8 Å². The SMILES string of the molecule is C[N-]C.C[N-]C.C[c-]1cccc1.C[c-]1cccc1.[Hf+4]. The van der Waals surface area contributed by atoms with Gasteiger partial charge in [-0.15, -0.1) is 0 Å². The van der Waals surface area contributed by atoms with Gasteiger partial charge >= 0.3 is 25.8 Å². The van der Waals surface area contributed by atoms with Gasteiger partial charge in [0, 0.05) is 0 Å². The minimum Gasteiger partial charge on any atom is -0.668 e. The second-order valence-corrected chi connectivity index (χ2v) is 3.82.